The molecule has 0 aromatic heterocycles. The lowest BCUT2D eigenvalue weighted by molar-refractivity contribution is -0.385. The number of aryl methyl sites for hydroxylation is 1. The molecule has 1 aromatic carbocycles. The predicted molar refractivity (Wildman–Crippen MR) is 75.7 cm³/mol. The summed E-state index contributed by atoms with van der Waals surface area (Å²) in [4.78, 5) is 23.8. The lowest BCUT2D eigenvalue weighted by atomic mass is 10.1. The van der Waals surface area contributed by atoms with Crippen molar-refractivity contribution < 1.29 is 19.2 Å². The van der Waals surface area contributed by atoms with Crippen molar-refractivity contribution in [1.82, 2.24) is 4.90 Å². The van der Waals surface area contributed by atoms with Crippen molar-refractivity contribution in [2.45, 2.75) is 33.3 Å². The van der Waals surface area contributed by atoms with Gasteiger partial charge in [-0.05, 0) is 33.3 Å². The van der Waals surface area contributed by atoms with E-state index >= 15 is 0 Å². The minimum absolute atomic E-state index is 0.00348. The van der Waals surface area contributed by atoms with Gasteiger partial charge in [0.15, 0.2) is 0 Å². The number of hydrogen-bond donors (Lipinski definition) is 1. The Bertz CT molecular complexity index is 567. The molecule has 1 amide bonds. The summed E-state index contributed by atoms with van der Waals surface area (Å²) in [6.07, 6.45) is 0. The maximum absolute atomic E-state index is 14.1. The van der Waals surface area contributed by atoms with Crippen molar-refractivity contribution in [3.8, 4) is 0 Å². The summed E-state index contributed by atoms with van der Waals surface area (Å²) < 4.78 is 14.1. The van der Waals surface area contributed by atoms with Gasteiger partial charge in [0.1, 0.15) is 5.82 Å². The van der Waals surface area contributed by atoms with Gasteiger partial charge in [-0.25, -0.2) is 4.39 Å². The van der Waals surface area contributed by atoms with Crippen LogP contribution in [0.5, 0.6) is 0 Å². The van der Waals surface area contributed by atoms with Gasteiger partial charge in [-0.1, -0.05) is 0 Å². The minimum Gasteiger partial charge on any atom is -0.389 e. The number of halogens is 1. The van der Waals surface area contributed by atoms with Crippen LogP contribution in [0.25, 0.3) is 0 Å². The van der Waals surface area contributed by atoms with Crippen molar-refractivity contribution in [1.29, 1.82) is 0 Å². The van der Waals surface area contributed by atoms with Crippen LogP contribution in [0.2, 0.25) is 0 Å². The zero-order valence-corrected chi connectivity index (χ0v) is 12.5. The van der Waals surface area contributed by atoms with Gasteiger partial charge in [-0.3, -0.25) is 14.9 Å². The van der Waals surface area contributed by atoms with Crippen molar-refractivity contribution >= 4 is 11.6 Å². The van der Waals surface area contributed by atoms with Gasteiger partial charge < -0.3 is 10.0 Å². The maximum Gasteiger partial charge on any atom is 0.270 e. The van der Waals surface area contributed by atoms with Gasteiger partial charge >= 0.3 is 0 Å². The number of carbonyl (C=O) groups is 1. The third-order valence-corrected chi connectivity index (χ3v) is 2.93. The highest BCUT2D eigenvalue weighted by atomic mass is 19.1. The second kappa shape index (κ2) is 6.17. The molecule has 0 saturated carbocycles. The highest BCUT2D eigenvalue weighted by Crippen LogP contribution is 2.23. The van der Waals surface area contributed by atoms with E-state index in [9.17, 15) is 24.4 Å². The number of benzene rings is 1. The summed E-state index contributed by atoms with van der Waals surface area (Å²) in [5, 5.41) is 20.6. The molecule has 0 atom stereocenters. The Balaban J connectivity index is 3.25. The summed E-state index contributed by atoms with van der Waals surface area (Å²) in [6, 6.07) is 2.01. The molecule has 0 aliphatic heterocycles. The van der Waals surface area contributed by atoms with Crippen LogP contribution in [-0.2, 0) is 0 Å². The van der Waals surface area contributed by atoms with Crippen molar-refractivity contribution in [2.24, 2.45) is 0 Å². The molecule has 0 spiro atoms. The molecule has 7 heteroatoms. The second-order valence-corrected chi connectivity index (χ2v) is 5.51. The van der Waals surface area contributed by atoms with Crippen LogP contribution in [-0.4, -0.2) is 39.5 Å². The van der Waals surface area contributed by atoms with E-state index in [0.717, 1.165) is 12.1 Å². The third-order valence-electron chi connectivity index (χ3n) is 2.93. The molecule has 116 valence electrons. The Kier molecular flexibility index (Phi) is 5.01. The molecular weight excluding hydrogens is 279 g/mol. The number of likely N-dealkylation sites (N-methyl/N-ethyl adjacent to an activating group) is 1. The predicted octanol–water partition coefficient (Wildman–Crippen LogP) is 2.28. The van der Waals surface area contributed by atoms with E-state index in [1.54, 1.807) is 6.92 Å². The molecule has 6 nitrogen and oxygen atoms in total. The van der Waals surface area contributed by atoms with E-state index in [2.05, 4.69) is 0 Å². The number of amides is 1. The normalized spacial score (nSPS) is 11.3. The quantitative estimate of drug-likeness (QED) is 0.667. The number of aliphatic hydroxyl groups is 1. The lowest BCUT2D eigenvalue weighted by Crippen LogP contribution is -2.42. The summed E-state index contributed by atoms with van der Waals surface area (Å²) in [7, 11) is 0. The Morgan fingerprint density at radius 2 is 2.05 bits per heavy atom. The average Bonchev–Trinajstić information content (AvgIpc) is 2.36. The summed E-state index contributed by atoms with van der Waals surface area (Å²) in [6.45, 7) is 6.36. The molecule has 1 N–H and O–H groups in total. The van der Waals surface area contributed by atoms with Gasteiger partial charge in [0, 0.05) is 25.2 Å². The van der Waals surface area contributed by atoms with Gasteiger partial charge in [0.2, 0.25) is 0 Å². The first kappa shape index (κ1) is 17.0. The van der Waals surface area contributed by atoms with Crippen LogP contribution < -0.4 is 0 Å². The summed E-state index contributed by atoms with van der Waals surface area (Å²) in [5.74, 6) is -1.45. The molecule has 21 heavy (non-hydrogen) atoms. The van der Waals surface area contributed by atoms with Crippen LogP contribution in [0.15, 0.2) is 12.1 Å². The Morgan fingerprint density at radius 3 is 2.48 bits per heavy atom. The topological polar surface area (TPSA) is 83.7 Å². The molecule has 1 aromatic rings. The fraction of sp³-hybridized carbons (Fsp3) is 0.500. The highest BCUT2D eigenvalue weighted by molar-refractivity contribution is 5.95. The summed E-state index contributed by atoms with van der Waals surface area (Å²) >= 11 is 0. The van der Waals surface area contributed by atoms with Gasteiger partial charge in [0.25, 0.3) is 11.6 Å². The van der Waals surface area contributed by atoms with E-state index in [1.807, 2.05) is 0 Å². The molecule has 0 unspecified atom stereocenters. The molecule has 1 rings (SSSR count). The van der Waals surface area contributed by atoms with Crippen molar-refractivity contribution in [3.05, 3.63) is 39.2 Å². The molecule has 0 bridgehead atoms. The number of non-ortho nitro benzene ring substituents is 1. The molecular formula is C14H19FN2O4. The first-order valence-corrected chi connectivity index (χ1v) is 6.53. The zero-order chi connectivity index (χ0) is 16.4. The van der Waals surface area contributed by atoms with E-state index < -0.39 is 22.2 Å². The average molecular weight is 298 g/mol. The molecule has 0 aliphatic rings. The molecule has 0 radical (unpaired) electrons. The van der Waals surface area contributed by atoms with Gasteiger partial charge in [-0.2, -0.15) is 0 Å². The fourth-order valence-electron chi connectivity index (χ4n) is 1.98. The maximum atomic E-state index is 14.1. The smallest absolute Gasteiger partial charge is 0.270 e. The number of nitrogens with zero attached hydrogens (tertiary/aromatic N) is 2. The van der Waals surface area contributed by atoms with E-state index in [4.69, 9.17) is 0 Å². The Hall–Kier alpha value is -2.02. The zero-order valence-electron chi connectivity index (χ0n) is 12.5. The lowest BCUT2D eigenvalue weighted by Gasteiger charge is -2.28. The van der Waals surface area contributed by atoms with Gasteiger partial charge in [-0.15, -0.1) is 0 Å². The van der Waals surface area contributed by atoms with Crippen LogP contribution in [0.4, 0.5) is 10.1 Å². The van der Waals surface area contributed by atoms with Crippen LogP contribution in [0.1, 0.15) is 36.7 Å². The van der Waals surface area contributed by atoms with Crippen LogP contribution in [0, 0.1) is 22.9 Å². The molecule has 0 saturated heterocycles. The van der Waals surface area contributed by atoms with Crippen LogP contribution >= 0.6 is 0 Å². The summed E-state index contributed by atoms with van der Waals surface area (Å²) in [5.41, 5.74) is -1.80. The van der Waals surface area contributed by atoms with E-state index in [1.165, 1.54) is 25.7 Å². The number of rotatable bonds is 5. The Labute approximate surface area is 122 Å². The molecule has 0 aliphatic carbocycles. The fourth-order valence-corrected chi connectivity index (χ4v) is 1.98. The number of nitro groups is 1. The SMILES string of the molecule is CCN(CC(C)(C)O)C(=O)c1cc([N+](=O)[O-])cc(C)c1F. The first-order valence-electron chi connectivity index (χ1n) is 6.53. The second-order valence-electron chi connectivity index (χ2n) is 5.51. The number of nitro benzene ring substituents is 1. The first-order chi connectivity index (χ1) is 9.56. The minimum atomic E-state index is -1.14. The van der Waals surface area contributed by atoms with E-state index in [-0.39, 0.29) is 29.9 Å². The van der Waals surface area contributed by atoms with Crippen molar-refractivity contribution in [2.75, 3.05) is 13.1 Å². The van der Waals surface area contributed by atoms with Gasteiger partial charge in [0.05, 0.1) is 16.1 Å². The molecule has 0 heterocycles. The third kappa shape index (κ3) is 4.22. The van der Waals surface area contributed by atoms with E-state index in [0.29, 0.717) is 0 Å². The molecule has 0 fully saturated rings. The largest absolute Gasteiger partial charge is 0.389 e. The number of hydrogen-bond acceptors (Lipinski definition) is 4. The Morgan fingerprint density at radius 1 is 1.48 bits per heavy atom. The highest BCUT2D eigenvalue weighted by Gasteiger charge is 2.26. The van der Waals surface area contributed by atoms with Crippen molar-refractivity contribution in [3.63, 3.8) is 0 Å². The number of carbonyl (C=O) groups excluding carboxylic acids is 1. The van der Waals surface area contributed by atoms with Crippen LogP contribution in [0.3, 0.4) is 0 Å². The standard InChI is InChI=1S/C14H19FN2O4/c1-5-16(8-14(3,4)19)13(18)11-7-10(17(20)21)6-9(2)12(11)15/h6-7,19H,5,8H2,1-4H3. The monoisotopic (exact) mass is 298 g/mol.